The molecule has 0 fully saturated rings. The number of aromatic nitrogens is 2. The van der Waals surface area contributed by atoms with Crippen molar-refractivity contribution in [3.05, 3.63) is 56.1 Å². The Kier molecular flexibility index (Phi) is 6.35. The second-order valence-corrected chi connectivity index (χ2v) is 10.0. The second kappa shape index (κ2) is 9.28. The summed E-state index contributed by atoms with van der Waals surface area (Å²) in [5, 5.41) is 14.5. The highest BCUT2D eigenvalue weighted by molar-refractivity contribution is 6.05. The van der Waals surface area contributed by atoms with Crippen LogP contribution in [0.25, 0.3) is 22.3 Å². The summed E-state index contributed by atoms with van der Waals surface area (Å²) >= 11 is 0. The molecule has 0 aliphatic carbocycles. The second-order valence-electron chi connectivity index (χ2n) is 10.0. The van der Waals surface area contributed by atoms with Crippen molar-refractivity contribution in [1.29, 1.82) is 0 Å². The van der Waals surface area contributed by atoms with Crippen LogP contribution in [0.15, 0.2) is 16.9 Å². The lowest BCUT2D eigenvalue weighted by Gasteiger charge is -2.31. The topological polar surface area (TPSA) is 120 Å². The Bertz CT molecular complexity index is 1580. The molecule has 200 valence electrons. The largest absolute Gasteiger partial charge is 0.458 e. The molecule has 4 heterocycles. The average molecular weight is 524 g/mol. The summed E-state index contributed by atoms with van der Waals surface area (Å²) in [5.74, 6) is -1.74. The number of cyclic esters (lactones) is 1. The van der Waals surface area contributed by atoms with Gasteiger partial charge in [0, 0.05) is 28.1 Å². The average Bonchev–Trinajstić information content (AvgIpc) is 3.25. The zero-order valence-electron chi connectivity index (χ0n) is 22.0. The van der Waals surface area contributed by atoms with Gasteiger partial charge in [-0.15, -0.1) is 0 Å². The van der Waals surface area contributed by atoms with E-state index in [0.717, 1.165) is 11.1 Å². The number of esters is 1. The summed E-state index contributed by atoms with van der Waals surface area (Å²) in [6.07, 6.45) is 0.422. The molecule has 1 aromatic carbocycles. The number of nitrogens with one attached hydrogen (secondary N) is 1. The van der Waals surface area contributed by atoms with E-state index in [9.17, 15) is 19.5 Å². The van der Waals surface area contributed by atoms with Crippen molar-refractivity contribution >= 4 is 28.5 Å². The van der Waals surface area contributed by atoms with E-state index < -0.39 is 23.3 Å². The van der Waals surface area contributed by atoms with E-state index in [1.807, 2.05) is 20.8 Å². The minimum Gasteiger partial charge on any atom is -0.458 e. The number of fused-ring (bicyclic) bond motifs is 5. The number of pyridine rings is 2. The Morgan fingerprint density at radius 1 is 1.29 bits per heavy atom. The first-order valence-corrected chi connectivity index (χ1v) is 12.7. The maximum Gasteiger partial charge on any atom is 0.343 e. The summed E-state index contributed by atoms with van der Waals surface area (Å²) < 4.78 is 27.2. The van der Waals surface area contributed by atoms with E-state index in [-0.39, 0.29) is 54.5 Å². The van der Waals surface area contributed by atoms with E-state index in [4.69, 9.17) is 14.5 Å². The first-order chi connectivity index (χ1) is 18.0. The van der Waals surface area contributed by atoms with Gasteiger partial charge in [0.05, 0.1) is 40.8 Å². The minimum absolute atomic E-state index is 0.0357. The summed E-state index contributed by atoms with van der Waals surface area (Å²) in [5.41, 5.74) is 1.59. The lowest BCUT2D eigenvalue weighted by molar-refractivity contribution is -0.172. The molecule has 2 aliphatic heterocycles. The van der Waals surface area contributed by atoms with Crippen LogP contribution in [0.3, 0.4) is 0 Å². The van der Waals surface area contributed by atoms with Gasteiger partial charge in [-0.25, -0.2) is 14.2 Å². The van der Waals surface area contributed by atoms with Crippen LogP contribution in [0.2, 0.25) is 0 Å². The number of halogens is 1. The number of amides is 1. The van der Waals surface area contributed by atoms with Crippen LogP contribution in [-0.4, -0.2) is 39.2 Å². The molecular formula is C28H30FN3O6. The van der Waals surface area contributed by atoms with Crippen molar-refractivity contribution < 1.29 is 28.6 Å². The van der Waals surface area contributed by atoms with Gasteiger partial charge in [-0.2, -0.15) is 0 Å². The van der Waals surface area contributed by atoms with E-state index >= 15 is 4.39 Å². The molecule has 1 amide bonds. The van der Waals surface area contributed by atoms with Gasteiger partial charge in [0.1, 0.15) is 19.0 Å². The number of hydrogen-bond acceptors (Lipinski definition) is 7. The summed E-state index contributed by atoms with van der Waals surface area (Å²) in [7, 11) is 0. The molecule has 3 aromatic rings. The first-order valence-electron chi connectivity index (χ1n) is 12.7. The fourth-order valence-corrected chi connectivity index (χ4v) is 5.37. The molecule has 0 spiro atoms. The summed E-state index contributed by atoms with van der Waals surface area (Å²) in [4.78, 5) is 43.4. The third kappa shape index (κ3) is 3.82. The Morgan fingerprint density at radius 3 is 2.68 bits per heavy atom. The predicted molar refractivity (Wildman–Crippen MR) is 138 cm³/mol. The Labute approximate surface area is 218 Å². The van der Waals surface area contributed by atoms with Gasteiger partial charge < -0.3 is 24.5 Å². The van der Waals surface area contributed by atoms with E-state index in [1.54, 1.807) is 24.5 Å². The van der Waals surface area contributed by atoms with E-state index in [2.05, 4.69) is 5.32 Å². The van der Waals surface area contributed by atoms with Crippen molar-refractivity contribution in [2.75, 3.05) is 11.9 Å². The van der Waals surface area contributed by atoms with Crippen molar-refractivity contribution in [2.45, 2.75) is 72.3 Å². The van der Waals surface area contributed by atoms with Gasteiger partial charge in [0.25, 0.3) is 5.56 Å². The van der Waals surface area contributed by atoms with Gasteiger partial charge in [-0.05, 0) is 45.2 Å². The quantitative estimate of drug-likeness (QED) is 0.372. The molecule has 9 nitrogen and oxygen atoms in total. The third-order valence-corrected chi connectivity index (χ3v) is 7.45. The lowest BCUT2D eigenvalue weighted by atomic mass is 9.86. The van der Waals surface area contributed by atoms with Gasteiger partial charge in [-0.1, -0.05) is 13.8 Å². The number of nitrogens with zero attached hydrogens (tertiary/aromatic N) is 2. The molecule has 2 aliphatic rings. The molecular weight excluding hydrogens is 493 g/mol. The smallest absolute Gasteiger partial charge is 0.343 e. The van der Waals surface area contributed by atoms with Crippen LogP contribution in [0.1, 0.15) is 61.9 Å². The SMILES string of the molecule is CCc1c2c(nc3cc(F)c(C)c(NC(=O)COC(C)C)c13)-c1cc3c(c(=O)n1C2)COC(=O)[C@]3(O)CC. The molecule has 10 heteroatoms. The van der Waals surface area contributed by atoms with Crippen LogP contribution in [0.5, 0.6) is 0 Å². The maximum atomic E-state index is 15.1. The molecule has 0 unspecified atom stereocenters. The van der Waals surface area contributed by atoms with Gasteiger partial charge in [-0.3, -0.25) is 9.59 Å². The Hall–Kier alpha value is -3.63. The summed E-state index contributed by atoms with van der Waals surface area (Å²) in [6.45, 7) is 8.63. The zero-order chi connectivity index (χ0) is 27.5. The third-order valence-electron chi connectivity index (χ3n) is 7.45. The Balaban J connectivity index is 1.73. The van der Waals surface area contributed by atoms with Gasteiger partial charge in [0.2, 0.25) is 5.91 Å². The van der Waals surface area contributed by atoms with Crippen LogP contribution in [-0.2, 0) is 44.2 Å². The van der Waals surface area contributed by atoms with Gasteiger partial charge >= 0.3 is 5.97 Å². The minimum atomic E-state index is -1.94. The van der Waals surface area contributed by atoms with Crippen LogP contribution < -0.4 is 10.9 Å². The normalized spacial score (nSPS) is 17.8. The fraction of sp³-hybridized carbons (Fsp3) is 0.429. The Morgan fingerprint density at radius 2 is 2.03 bits per heavy atom. The number of carbonyl (C=O) groups excluding carboxylic acids is 2. The van der Waals surface area contributed by atoms with Crippen molar-refractivity contribution in [1.82, 2.24) is 9.55 Å². The molecule has 2 N–H and O–H groups in total. The van der Waals surface area contributed by atoms with Crippen LogP contribution in [0.4, 0.5) is 10.1 Å². The zero-order valence-corrected chi connectivity index (χ0v) is 22.0. The van der Waals surface area contributed by atoms with Gasteiger partial charge in [0.15, 0.2) is 5.60 Å². The first kappa shape index (κ1) is 26.0. The highest BCUT2D eigenvalue weighted by Crippen LogP contribution is 2.42. The molecule has 1 atom stereocenters. The van der Waals surface area contributed by atoms with Crippen LogP contribution in [0, 0.1) is 12.7 Å². The number of aryl methyl sites for hydroxylation is 1. The summed E-state index contributed by atoms with van der Waals surface area (Å²) in [6, 6.07) is 2.95. The molecule has 0 radical (unpaired) electrons. The van der Waals surface area contributed by atoms with E-state index in [0.29, 0.717) is 34.4 Å². The lowest BCUT2D eigenvalue weighted by Crippen LogP contribution is -2.44. The molecule has 5 rings (SSSR count). The number of ether oxygens (including phenoxy) is 2. The number of benzene rings is 1. The van der Waals surface area contributed by atoms with Crippen molar-refractivity contribution in [2.24, 2.45) is 0 Å². The molecule has 0 saturated heterocycles. The number of hydrogen-bond donors (Lipinski definition) is 2. The monoisotopic (exact) mass is 523 g/mol. The molecule has 0 bridgehead atoms. The highest BCUT2D eigenvalue weighted by Gasteiger charge is 2.45. The molecule has 0 saturated carbocycles. The maximum absolute atomic E-state index is 15.1. The van der Waals surface area contributed by atoms with Crippen LogP contribution >= 0.6 is 0 Å². The number of carbonyl (C=O) groups is 2. The standard InChI is InChI=1S/C28H30FN3O6/c1-6-15-16-10-32-21(8-18-17(26(32)34)11-38-27(35)28(18,36)7-2)25(16)30-20-9-19(29)14(5)24(23(15)20)31-22(33)12-37-13(3)4/h8-9,13,36H,6-7,10-12H2,1-5H3,(H,31,33)/t28-/m0/s1. The highest BCUT2D eigenvalue weighted by atomic mass is 19.1. The van der Waals surface area contributed by atoms with E-state index in [1.165, 1.54) is 6.07 Å². The fourth-order valence-electron chi connectivity index (χ4n) is 5.37. The predicted octanol–water partition coefficient (Wildman–Crippen LogP) is 3.45. The van der Waals surface area contributed by atoms with Crippen molar-refractivity contribution in [3.8, 4) is 11.4 Å². The number of aliphatic hydroxyl groups is 1. The number of rotatable bonds is 6. The molecule has 2 aromatic heterocycles. The molecule has 38 heavy (non-hydrogen) atoms. The number of anilines is 1. The van der Waals surface area contributed by atoms with Crippen molar-refractivity contribution in [3.63, 3.8) is 0 Å².